The minimum atomic E-state index is -0.464. The molecule has 3 N–H and O–H groups in total. The van der Waals surface area contributed by atoms with Crippen LogP contribution in [0.15, 0.2) is 48.5 Å². The maximum Gasteiger partial charge on any atom is 0.252 e. The van der Waals surface area contributed by atoms with Crippen molar-refractivity contribution in [2.45, 2.75) is 13.1 Å². The minimum absolute atomic E-state index is 0.464. The van der Waals surface area contributed by atoms with Crippen LogP contribution in [-0.2, 0) is 13.1 Å². The Balaban J connectivity index is 1.56. The number of hydrogen-bond acceptors (Lipinski definition) is 6. The van der Waals surface area contributed by atoms with Gasteiger partial charge in [0.1, 0.15) is 5.69 Å². The molecule has 1 aliphatic rings. The number of carbonyl (C=O) groups excluding carboxylic acids is 1. The van der Waals surface area contributed by atoms with Crippen molar-refractivity contribution in [1.29, 1.82) is 5.26 Å². The smallest absolute Gasteiger partial charge is 0.252 e. The first kappa shape index (κ1) is 20.4. The number of nitrogens with one attached hydrogen (secondary N) is 1. The minimum Gasteiger partial charge on any atom is -0.378 e. The number of benzene rings is 2. The van der Waals surface area contributed by atoms with E-state index in [0.29, 0.717) is 36.6 Å². The van der Waals surface area contributed by atoms with Gasteiger partial charge in [-0.15, -0.1) is 0 Å². The molecule has 0 radical (unpaired) electrons. The Morgan fingerprint density at radius 3 is 2.68 bits per heavy atom. The predicted molar refractivity (Wildman–Crippen MR) is 121 cm³/mol. The molecule has 0 atom stereocenters. The van der Waals surface area contributed by atoms with E-state index in [2.05, 4.69) is 16.3 Å². The summed E-state index contributed by atoms with van der Waals surface area (Å²) in [4.78, 5) is 16.6. The number of fused-ring (bicyclic) bond motifs is 1. The first-order valence-corrected chi connectivity index (χ1v) is 10.1. The Morgan fingerprint density at radius 1 is 1.23 bits per heavy atom. The van der Waals surface area contributed by atoms with Gasteiger partial charge in [0.05, 0.1) is 36.1 Å². The zero-order valence-electron chi connectivity index (χ0n) is 17.7. The lowest BCUT2D eigenvalue weighted by Gasteiger charge is -2.28. The lowest BCUT2D eigenvalue weighted by molar-refractivity contribution is 0.0997. The van der Waals surface area contributed by atoms with Crippen LogP contribution in [0.1, 0.15) is 21.6 Å². The number of aromatic nitrogens is 2. The van der Waals surface area contributed by atoms with E-state index in [-0.39, 0.29) is 0 Å². The second kappa shape index (κ2) is 8.50. The first-order chi connectivity index (χ1) is 15.0. The van der Waals surface area contributed by atoms with Crippen molar-refractivity contribution in [3.8, 4) is 17.3 Å². The Hall–Kier alpha value is -3.83. The summed E-state index contributed by atoms with van der Waals surface area (Å²) < 4.78 is 1.90. The van der Waals surface area contributed by atoms with Gasteiger partial charge < -0.3 is 16.0 Å². The highest BCUT2D eigenvalue weighted by Gasteiger charge is 2.27. The van der Waals surface area contributed by atoms with Crippen LogP contribution in [0.25, 0.3) is 11.3 Å². The lowest BCUT2D eigenvalue weighted by Crippen LogP contribution is -2.38. The normalized spacial score (nSPS) is 13.3. The zero-order valence-corrected chi connectivity index (χ0v) is 17.7. The summed E-state index contributed by atoms with van der Waals surface area (Å²) in [6, 6.07) is 17.4. The highest BCUT2D eigenvalue weighted by molar-refractivity contribution is 6.00. The summed E-state index contributed by atoms with van der Waals surface area (Å²) in [6.07, 6.45) is 0. The number of nitrogens with two attached hydrogens (primary N) is 1. The van der Waals surface area contributed by atoms with Gasteiger partial charge in [0.25, 0.3) is 5.91 Å². The Kier molecular flexibility index (Phi) is 5.60. The number of nitrogens with zero attached hydrogens (tertiary/aromatic N) is 5. The van der Waals surface area contributed by atoms with Gasteiger partial charge in [-0.25, -0.2) is 0 Å². The molecule has 8 nitrogen and oxygen atoms in total. The molecule has 0 aliphatic carbocycles. The standard InChI is InChI=1S/C23H25N7O/c1-28(2)19-5-3-4-17(12-19)22-21(23(25)31)20-14-29(10-11-30(20)27-22)15-26-18-8-6-16(13-24)7-9-18/h3-9,12,26H,10-11,14-15H2,1-2H3,(H2,25,31). The Morgan fingerprint density at radius 2 is 2.00 bits per heavy atom. The van der Waals surface area contributed by atoms with Crippen LogP contribution >= 0.6 is 0 Å². The van der Waals surface area contributed by atoms with Crippen molar-refractivity contribution in [3.63, 3.8) is 0 Å². The first-order valence-electron chi connectivity index (χ1n) is 10.1. The molecule has 1 aliphatic heterocycles. The quantitative estimate of drug-likeness (QED) is 0.641. The maximum absolute atomic E-state index is 12.4. The molecule has 0 unspecified atom stereocenters. The molecule has 2 heterocycles. The van der Waals surface area contributed by atoms with Crippen molar-refractivity contribution in [2.24, 2.45) is 5.73 Å². The van der Waals surface area contributed by atoms with Gasteiger partial charge >= 0.3 is 0 Å². The number of carbonyl (C=O) groups is 1. The summed E-state index contributed by atoms with van der Waals surface area (Å²) in [7, 11) is 3.95. The van der Waals surface area contributed by atoms with E-state index in [1.807, 2.05) is 60.1 Å². The summed E-state index contributed by atoms with van der Waals surface area (Å²) in [5.74, 6) is -0.464. The largest absolute Gasteiger partial charge is 0.378 e. The maximum atomic E-state index is 12.4. The van der Waals surface area contributed by atoms with E-state index < -0.39 is 5.91 Å². The zero-order chi connectivity index (χ0) is 22.0. The van der Waals surface area contributed by atoms with Crippen LogP contribution < -0.4 is 16.0 Å². The fraction of sp³-hybridized carbons (Fsp3) is 0.261. The summed E-state index contributed by atoms with van der Waals surface area (Å²) in [5, 5.41) is 17.0. The fourth-order valence-corrected chi connectivity index (χ4v) is 3.76. The van der Waals surface area contributed by atoms with Crippen LogP contribution in [-0.4, -0.2) is 47.9 Å². The van der Waals surface area contributed by atoms with Crippen LogP contribution in [0.4, 0.5) is 11.4 Å². The van der Waals surface area contributed by atoms with Crippen LogP contribution in [0.5, 0.6) is 0 Å². The molecule has 0 saturated carbocycles. The molecular formula is C23H25N7O. The van der Waals surface area contributed by atoms with Crippen molar-refractivity contribution in [1.82, 2.24) is 14.7 Å². The van der Waals surface area contributed by atoms with Crippen molar-refractivity contribution < 1.29 is 4.79 Å². The highest BCUT2D eigenvalue weighted by Crippen LogP contribution is 2.30. The molecule has 158 valence electrons. The lowest BCUT2D eigenvalue weighted by atomic mass is 10.0. The molecular weight excluding hydrogens is 390 g/mol. The van der Waals surface area contributed by atoms with Crippen LogP contribution in [0.3, 0.4) is 0 Å². The summed E-state index contributed by atoms with van der Waals surface area (Å²) >= 11 is 0. The van der Waals surface area contributed by atoms with Gasteiger partial charge in [0.2, 0.25) is 0 Å². The molecule has 2 aromatic carbocycles. The van der Waals surface area contributed by atoms with E-state index in [1.165, 1.54) is 0 Å². The molecule has 1 aromatic heterocycles. The van der Waals surface area contributed by atoms with Gasteiger partial charge in [-0.05, 0) is 36.4 Å². The van der Waals surface area contributed by atoms with Crippen molar-refractivity contribution >= 4 is 17.3 Å². The molecule has 8 heteroatoms. The van der Waals surface area contributed by atoms with E-state index in [0.717, 1.165) is 29.2 Å². The predicted octanol–water partition coefficient (Wildman–Crippen LogP) is 2.47. The molecule has 31 heavy (non-hydrogen) atoms. The molecule has 4 rings (SSSR count). The number of hydrogen-bond donors (Lipinski definition) is 2. The molecule has 0 saturated heterocycles. The average Bonchev–Trinajstić information content (AvgIpc) is 3.17. The van der Waals surface area contributed by atoms with Crippen molar-refractivity contribution in [3.05, 3.63) is 65.4 Å². The Bertz CT molecular complexity index is 1140. The van der Waals surface area contributed by atoms with Crippen molar-refractivity contribution in [2.75, 3.05) is 37.5 Å². The number of anilines is 2. The number of nitriles is 1. The highest BCUT2D eigenvalue weighted by atomic mass is 16.1. The third-order valence-electron chi connectivity index (χ3n) is 5.46. The molecule has 3 aromatic rings. The van der Waals surface area contributed by atoms with Crippen LogP contribution in [0, 0.1) is 11.3 Å². The van der Waals surface area contributed by atoms with E-state index >= 15 is 0 Å². The van der Waals surface area contributed by atoms with Gasteiger partial charge in [0.15, 0.2) is 0 Å². The van der Waals surface area contributed by atoms with Gasteiger partial charge in [-0.2, -0.15) is 10.4 Å². The SMILES string of the molecule is CN(C)c1cccc(-c2nn3c(c2C(N)=O)CN(CNc2ccc(C#N)cc2)CC3)c1. The van der Waals surface area contributed by atoms with Gasteiger partial charge in [-0.3, -0.25) is 14.4 Å². The summed E-state index contributed by atoms with van der Waals surface area (Å²) in [5.41, 5.74) is 11.2. The topological polar surface area (TPSA) is 103 Å². The monoisotopic (exact) mass is 415 g/mol. The Labute approximate surface area is 181 Å². The number of rotatable bonds is 6. The van der Waals surface area contributed by atoms with E-state index in [1.54, 1.807) is 12.1 Å². The van der Waals surface area contributed by atoms with E-state index in [4.69, 9.17) is 16.1 Å². The fourth-order valence-electron chi connectivity index (χ4n) is 3.76. The van der Waals surface area contributed by atoms with Gasteiger partial charge in [0, 0.05) is 44.1 Å². The number of primary amides is 1. The third kappa shape index (κ3) is 4.22. The molecule has 0 bridgehead atoms. The third-order valence-corrected chi connectivity index (χ3v) is 5.46. The van der Waals surface area contributed by atoms with Gasteiger partial charge in [-0.1, -0.05) is 12.1 Å². The molecule has 0 spiro atoms. The van der Waals surface area contributed by atoms with E-state index in [9.17, 15) is 4.79 Å². The molecule has 1 amide bonds. The summed E-state index contributed by atoms with van der Waals surface area (Å²) in [6.45, 7) is 2.66. The second-order valence-electron chi connectivity index (χ2n) is 7.78. The number of amides is 1. The molecule has 0 fully saturated rings. The average molecular weight is 416 g/mol. The second-order valence-corrected chi connectivity index (χ2v) is 7.78. The van der Waals surface area contributed by atoms with Crippen LogP contribution in [0.2, 0.25) is 0 Å².